The second kappa shape index (κ2) is 4.01. The fourth-order valence-corrected chi connectivity index (χ4v) is 0.709. The summed E-state index contributed by atoms with van der Waals surface area (Å²) in [7, 11) is 0. The van der Waals surface area contributed by atoms with Gasteiger partial charge in [-0.25, -0.2) is 0 Å². The number of nitrogens with zero attached hydrogens (tertiary/aromatic N) is 3. The molecule has 0 aliphatic carbocycles. The van der Waals surface area contributed by atoms with Crippen LogP contribution in [0.5, 0.6) is 0 Å². The summed E-state index contributed by atoms with van der Waals surface area (Å²) in [5.74, 6) is 0. The number of nitriles is 3. The second-order valence-electron chi connectivity index (χ2n) is 2.21. The quantitative estimate of drug-likeness (QED) is 0.604. The first-order valence-electron chi connectivity index (χ1n) is 3.35. The van der Waals surface area contributed by atoms with E-state index in [1.807, 2.05) is 0 Å². The topological polar surface area (TPSA) is 97.4 Å². The van der Waals surface area contributed by atoms with E-state index in [2.05, 4.69) is 0 Å². The van der Waals surface area contributed by atoms with Gasteiger partial charge < -0.3 is 5.73 Å². The second-order valence-corrected chi connectivity index (χ2v) is 2.21. The molecule has 12 heavy (non-hydrogen) atoms. The molecule has 0 atom stereocenters. The van der Waals surface area contributed by atoms with E-state index in [0.717, 1.165) is 6.08 Å². The largest absolute Gasteiger partial charge is 0.399 e. The van der Waals surface area contributed by atoms with Crippen molar-refractivity contribution in [2.45, 2.75) is 13.3 Å². The lowest BCUT2D eigenvalue weighted by Crippen LogP contribution is -2.23. The van der Waals surface area contributed by atoms with Crippen LogP contribution >= 0.6 is 0 Å². The van der Waals surface area contributed by atoms with Crippen LogP contribution in [0.2, 0.25) is 0 Å². The van der Waals surface area contributed by atoms with Gasteiger partial charge in [-0.15, -0.1) is 0 Å². The van der Waals surface area contributed by atoms with Crippen molar-refractivity contribution in [3.63, 3.8) is 0 Å². The summed E-state index contributed by atoms with van der Waals surface area (Å²) in [5.41, 5.74) is 4.06. The average molecular weight is 160 g/mol. The normalized spacial score (nSPS) is 11.0. The molecule has 0 unspecified atom stereocenters. The highest BCUT2D eigenvalue weighted by Crippen LogP contribution is 2.25. The van der Waals surface area contributed by atoms with Crippen molar-refractivity contribution >= 4 is 0 Å². The predicted molar refractivity (Wildman–Crippen MR) is 41.8 cm³/mol. The molecule has 60 valence electrons. The molecule has 2 N–H and O–H groups in total. The Labute approximate surface area is 71.1 Å². The summed E-state index contributed by atoms with van der Waals surface area (Å²) in [6.45, 7) is 1.67. The van der Waals surface area contributed by atoms with E-state index in [4.69, 9.17) is 21.5 Å². The predicted octanol–water partition coefficient (Wildman–Crippen LogP) is 0.796. The van der Waals surface area contributed by atoms with E-state index in [0.29, 0.717) is 0 Å². The number of nitrogens with two attached hydrogens (primary N) is 1. The van der Waals surface area contributed by atoms with Gasteiger partial charge in [-0.1, -0.05) is 6.92 Å². The van der Waals surface area contributed by atoms with Crippen LogP contribution in [-0.4, -0.2) is 0 Å². The van der Waals surface area contributed by atoms with Crippen molar-refractivity contribution in [3.8, 4) is 18.2 Å². The molecule has 0 aromatic carbocycles. The lowest BCUT2D eigenvalue weighted by Gasteiger charge is -2.14. The molecule has 0 radical (unpaired) electrons. The molecule has 4 nitrogen and oxygen atoms in total. The highest BCUT2D eigenvalue weighted by molar-refractivity contribution is 5.33. The van der Waals surface area contributed by atoms with Gasteiger partial charge in [0.15, 0.2) is 5.41 Å². The van der Waals surface area contributed by atoms with Crippen molar-refractivity contribution in [3.05, 3.63) is 11.8 Å². The summed E-state index contributed by atoms with van der Waals surface area (Å²) >= 11 is 0. The first-order valence-corrected chi connectivity index (χ1v) is 3.35. The van der Waals surface area contributed by atoms with Crippen molar-refractivity contribution in [2.24, 2.45) is 11.1 Å². The molecule has 0 bridgehead atoms. The minimum Gasteiger partial charge on any atom is -0.399 e. The molecule has 0 saturated carbocycles. The van der Waals surface area contributed by atoms with E-state index >= 15 is 0 Å². The van der Waals surface area contributed by atoms with Crippen LogP contribution < -0.4 is 5.73 Å². The van der Waals surface area contributed by atoms with E-state index < -0.39 is 5.41 Å². The van der Waals surface area contributed by atoms with Crippen molar-refractivity contribution < 1.29 is 0 Å². The van der Waals surface area contributed by atoms with Crippen molar-refractivity contribution in [1.82, 2.24) is 0 Å². The molecular formula is C8H8N4. The van der Waals surface area contributed by atoms with Crippen LogP contribution in [0, 0.1) is 39.4 Å². The minimum absolute atomic E-state index is 0.0116. The fraction of sp³-hybridized carbons (Fsp3) is 0.375. The first-order chi connectivity index (χ1) is 5.66. The Bertz CT molecular complexity index is 293. The zero-order valence-electron chi connectivity index (χ0n) is 6.70. The maximum absolute atomic E-state index is 8.67. The summed E-state index contributed by atoms with van der Waals surface area (Å²) in [6.07, 6.45) is 1.31. The third-order valence-corrected chi connectivity index (χ3v) is 1.62. The van der Waals surface area contributed by atoms with E-state index in [-0.39, 0.29) is 12.1 Å². The third kappa shape index (κ3) is 1.54. The highest BCUT2D eigenvalue weighted by atomic mass is 14.6. The standard InChI is InChI=1S/C8H8N4/c1-2-8(5-10,6-11)7(12)3-4-9/h3H,2,12H2,1H3/b7-3-. The van der Waals surface area contributed by atoms with E-state index in [1.54, 1.807) is 25.1 Å². The van der Waals surface area contributed by atoms with Crippen LogP contribution in [0.25, 0.3) is 0 Å². The Morgan fingerprint density at radius 3 is 2.17 bits per heavy atom. The average Bonchev–Trinajstić information content (AvgIpc) is 2.09. The Kier molecular flexibility index (Phi) is 3.34. The molecule has 0 aromatic heterocycles. The summed E-state index contributed by atoms with van der Waals surface area (Å²) in [4.78, 5) is 0. The third-order valence-electron chi connectivity index (χ3n) is 1.62. The molecule has 0 heterocycles. The van der Waals surface area contributed by atoms with Gasteiger partial charge >= 0.3 is 0 Å². The number of hydrogen-bond donors (Lipinski definition) is 1. The summed E-state index contributed by atoms with van der Waals surface area (Å²) < 4.78 is 0. The molecule has 0 spiro atoms. The molecule has 0 aliphatic rings. The molecule has 0 saturated heterocycles. The van der Waals surface area contributed by atoms with E-state index in [9.17, 15) is 0 Å². The molecular weight excluding hydrogens is 152 g/mol. The lowest BCUT2D eigenvalue weighted by atomic mass is 9.85. The van der Waals surface area contributed by atoms with Crippen LogP contribution in [-0.2, 0) is 0 Å². The number of hydrogen-bond acceptors (Lipinski definition) is 4. The monoisotopic (exact) mass is 160 g/mol. The van der Waals surface area contributed by atoms with Crippen molar-refractivity contribution in [1.29, 1.82) is 15.8 Å². The van der Waals surface area contributed by atoms with Crippen molar-refractivity contribution in [2.75, 3.05) is 0 Å². The van der Waals surface area contributed by atoms with Gasteiger partial charge in [0.05, 0.1) is 23.9 Å². The van der Waals surface area contributed by atoms with Gasteiger partial charge in [0.1, 0.15) is 0 Å². The Hall–Kier alpha value is -1.99. The number of rotatable bonds is 2. The smallest absolute Gasteiger partial charge is 0.183 e. The van der Waals surface area contributed by atoms with Gasteiger partial charge in [0.25, 0.3) is 0 Å². The highest BCUT2D eigenvalue weighted by Gasteiger charge is 2.30. The maximum atomic E-state index is 8.67. The van der Waals surface area contributed by atoms with Gasteiger partial charge in [0.2, 0.25) is 0 Å². The zero-order chi connectivity index (χ0) is 9.61. The molecule has 4 heteroatoms. The van der Waals surface area contributed by atoms with Gasteiger partial charge in [-0.3, -0.25) is 0 Å². The van der Waals surface area contributed by atoms with Crippen LogP contribution in [0.4, 0.5) is 0 Å². The van der Waals surface area contributed by atoms with Crippen LogP contribution in [0.3, 0.4) is 0 Å². The van der Waals surface area contributed by atoms with Gasteiger partial charge in [-0.2, -0.15) is 15.8 Å². The van der Waals surface area contributed by atoms with Gasteiger partial charge in [0, 0.05) is 6.08 Å². The molecule has 0 aromatic rings. The summed E-state index contributed by atoms with van der Waals surface area (Å²) in [6, 6.07) is 5.27. The minimum atomic E-state index is -1.34. The zero-order valence-corrected chi connectivity index (χ0v) is 6.70. The first kappa shape index (κ1) is 10.0. The molecule has 0 rings (SSSR count). The SMILES string of the molecule is CCC(C#N)(C#N)/C(N)=C/C#N. The molecule has 0 amide bonds. The molecule has 0 aliphatic heterocycles. The Morgan fingerprint density at radius 1 is 1.42 bits per heavy atom. The van der Waals surface area contributed by atoms with Crippen LogP contribution in [0.15, 0.2) is 11.8 Å². The maximum Gasteiger partial charge on any atom is 0.183 e. The van der Waals surface area contributed by atoms with E-state index in [1.165, 1.54) is 0 Å². The van der Waals surface area contributed by atoms with Gasteiger partial charge in [-0.05, 0) is 6.42 Å². The number of allylic oxidation sites excluding steroid dienone is 2. The van der Waals surface area contributed by atoms with Crippen LogP contribution in [0.1, 0.15) is 13.3 Å². The Morgan fingerprint density at radius 2 is 1.92 bits per heavy atom. The lowest BCUT2D eigenvalue weighted by molar-refractivity contribution is 0.586. The fourth-order valence-electron chi connectivity index (χ4n) is 0.709. The molecule has 0 fully saturated rings. The Balaban J connectivity index is 5.08. The summed E-state index contributed by atoms with van der Waals surface area (Å²) in [5, 5.41) is 25.6.